The van der Waals surface area contributed by atoms with Gasteiger partial charge in [0.1, 0.15) is 16.7 Å². The van der Waals surface area contributed by atoms with Gasteiger partial charge in [0, 0.05) is 21.7 Å². The lowest BCUT2D eigenvalue weighted by Gasteiger charge is -2.10. The van der Waals surface area contributed by atoms with Gasteiger partial charge in [-0.05, 0) is 103 Å². The number of benzene rings is 8. The fourth-order valence-electron chi connectivity index (χ4n) is 7.73. The first-order chi connectivity index (χ1) is 22.8. The number of para-hydroxylation sites is 1. The van der Waals surface area contributed by atoms with Crippen molar-refractivity contribution in [2.24, 2.45) is 0 Å². The van der Waals surface area contributed by atoms with Crippen molar-refractivity contribution < 1.29 is 8.83 Å². The Bertz CT molecular complexity index is 2910. The highest BCUT2D eigenvalue weighted by atomic mass is 16.3. The van der Waals surface area contributed by atoms with Crippen molar-refractivity contribution in [3.05, 3.63) is 140 Å². The van der Waals surface area contributed by atoms with Crippen LogP contribution in [-0.2, 0) is 0 Å². The molecule has 8 aromatic carbocycles. The Hall–Kier alpha value is -6.19. The monoisotopic (exact) mass is 585 g/mol. The van der Waals surface area contributed by atoms with E-state index < -0.39 is 0 Å². The lowest BCUT2D eigenvalue weighted by atomic mass is 9.94. The Labute approximate surface area is 262 Å². The van der Waals surface area contributed by atoms with E-state index in [-0.39, 0.29) is 0 Å². The molecule has 0 aliphatic heterocycles. The van der Waals surface area contributed by atoms with Crippen LogP contribution in [0.25, 0.3) is 110 Å². The van der Waals surface area contributed by atoms with Crippen molar-refractivity contribution in [1.82, 2.24) is 4.98 Å². The molecule has 3 nitrogen and oxygen atoms in total. The first kappa shape index (κ1) is 24.2. The maximum atomic E-state index is 6.36. The SMILES string of the molecule is c1ccc(-c2nc3c(ccc4ccc5ccc(-c6ccc7c(c6)-c6cccc8c6c-7cc6oc7ccccc7c68)cc5c43)o2)cc1. The summed E-state index contributed by atoms with van der Waals surface area (Å²) in [6, 6.07) is 49.6. The van der Waals surface area contributed by atoms with E-state index in [1.165, 1.54) is 65.7 Å². The van der Waals surface area contributed by atoms with Crippen LogP contribution in [0.1, 0.15) is 0 Å². The quantitative estimate of drug-likeness (QED) is 0.189. The lowest BCUT2D eigenvalue weighted by molar-refractivity contribution is 0.620. The van der Waals surface area contributed by atoms with Gasteiger partial charge in [-0.3, -0.25) is 0 Å². The molecule has 11 rings (SSSR count). The highest BCUT2D eigenvalue weighted by Gasteiger charge is 2.25. The normalized spacial score (nSPS) is 12.3. The molecule has 3 heteroatoms. The number of aromatic nitrogens is 1. The summed E-state index contributed by atoms with van der Waals surface area (Å²) in [5.41, 5.74) is 11.9. The third-order valence-corrected chi connectivity index (χ3v) is 9.81. The zero-order valence-corrected chi connectivity index (χ0v) is 24.5. The number of oxazole rings is 1. The van der Waals surface area contributed by atoms with Crippen molar-refractivity contribution >= 4 is 65.4 Å². The molecule has 0 saturated carbocycles. The molecule has 0 unspecified atom stereocenters. The summed E-state index contributed by atoms with van der Waals surface area (Å²) in [4.78, 5) is 5.02. The van der Waals surface area contributed by atoms with E-state index in [1.54, 1.807) is 0 Å². The summed E-state index contributed by atoms with van der Waals surface area (Å²) in [5.74, 6) is 0.642. The molecule has 0 spiro atoms. The van der Waals surface area contributed by atoms with Gasteiger partial charge in [0.2, 0.25) is 5.89 Å². The summed E-state index contributed by atoms with van der Waals surface area (Å²) in [6.45, 7) is 0. The van der Waals surface area contributed by atoms with Crippen LogP contribution in [0.4, 0.5) is 0 Å². The molecule has 1 aliphatic rings. The summed E-state index contributed by atoms with van der Waals surface area (Å²) in [6.07, 6.45) is 0. The highest BCUT2D eigenvalue weighted by molar-refractivity contribution is 6.28. The molecule has 0 radical (unpaired) electrons. The van der Waals surface area contributed by atoms with Gasteiger partial charge < -0.3 is 8.83 Å². The van der Waals surface area contributed by atoms with Gasteiger partial charge >= 0.3 is 0 Å². The average Bonchev–Trinajstić information content (AvgIpc) is 3.81. The van der Waals surface area contributed by atoms with Gasteiger partial charge in [0.05, 0.1) is 0 Å². The van der Waals surface area contributed by atoms with E-state index in [0.29, 0.717) is 5.89 Å². The summed E-state index contributed by atoms with van der Waals surface area (Å²) in [7, 11) is 0. The molecule has 46 heavy (non-hydrogen) atoms. The zero-order valence-electron chi connectivity index (χ0n) is 24.5. The molecule has 212 valence electrons. The Balaban J connectivity index is 1.11. The second kappa shape index (κ2) is 8.71. The first-order valence-corrected chi connectivity index (χ1v) is 15.6. The minimum absolute atomic E-state index is 0.642. The Morgan fingerprint density at radius 3 is 2.11 bits per heavy atom. The van der Waals surface area contributed by atoms with E-state index in [1.807, 2.05) is 42.5 Å². The minimum atomic E-state index is 0.642. The first-order valence-electron chi connectivity index (χ1n) is 15.6. The molecule has 10 aromatic rings. The molecule has 2 aromatic heterocycles. The molecular formula is C43H23NO2. The summed E-state index contributed by atoms with van der Waals surface area (Å²) >= 11 is 0. The number of hydrogen-bond acceptors (Lipinski definition) is 3. The van der Waals surface area contributed by atoms with Crippen molar-refractivity contribution in [3.8, 4) is 44.8 Å². The third-order valence-electron chi connectivity index (χ3n) is 9.81. The third kappa shape index (κ3) is 3.19. The molecule has 0 bridgehead atoms. The predicted molar refractivity (Wildman–Crippen MR) is 189 cm³/mol. The van der Waals surface area contributed by atoms with Crippen LogP contribution in [0, 0.1) is 0 Å². The van der Waals surface area contributed by atoms with Crippen molar-refractivity contribution in [1.29, 1.82) is 0 Å². The van der Waals surface area contributed by atoms with Crippen molar-refractivity contribution in [3.63, 3.8) is 0 Å². The second-order valence-corrected chi connectivity index (χ2v) is 12.3. The summed E-state index contributed by atoms with van der Waals surface area (Å²) < 4.78 is 12.6. The molecule has 0 atom stereocenters. The van der Waals surface area contributed by atoms with E-state index in [9.17, 15) is 0 Å². The molecule has 2 heterocycles. The Morgan fingerprint density at radius 2 is 1.15 bits per heavy atom. The fourth-order valence-corrected chi connectivity index (χ4v) is 7.73. The smallest absolute Gasteiger partial charge is 0.227 e. The van der Waals surface area contributed by atoms with Gasteiger partial charge in [-0.1, -0.05) is 97.1 Å². The van der Waals surface area contributed by atoms with Crippen molar-refractivity contribution in [2.75, 3.05) is 0 Å². The summed E-state index contributed by atoms with van der Waals surface area (Å²) in [5, 5.41) is 9.54. The topological polar surface area (TPSA) is 39.2 Å². The van der Waals surface area contributed by atoms with Crippen LogP contribution in [0.5, 0.6) is 0 Å². The molecule has 0 fully saturated rings. The fraction of sp³-hybridized carbons (Fsp3) is 0. The van der Waals surface area contributed by atoms with Gasteiger partial charge in [-0.25, -0.2) is 4.98 Å². The van der Waals surface area contributed by atoms with Crippen LogP contribution >= 0.6 is 0 Å². The van der Waals surface area contributed by atoms with Gasteiger partial charge in [-0.15, -0.1) is 0 Å². The van der Waals surface area contributed by atoms with Crippen LogP contribution in [0.3, 0.4) is 0 Å². The van der Waals surface area contributed by atoms with Gasteiger partial charge in [0.25, 0.3) is 0 Å². The minimum Gasteiger partial charge on any atom is -0.456 e. The van der Waals surface area contributed by atoms with Crippen molar-refractivity contribution in [2.45, 2.75) is 0 Å². The predicted octanol–water partition coefficient (Wildman–Crippen LogP) is 12.2. The van der Waals surface area contributed by atoms with E-state index in [0.717, 1.165) is 38.6 Å². The molecule has 0 amide bonds. The Morgan fingerprint density at radius 1 is 0.370 bits per heavy atom. The Kier molecular flexibility index (Phi) is 4.58. The van der Waals surface area contributed by atoms with Crippen LogP contribution in [0.2, 0.25) is 0 Å². The van der Waals surface area contributed by atoms with E-state index in [4.69, 9.17) is 13.8 Å². The largest absolute Gasteiger partial charge is 0.456 e. The van der Waals surface area contributed by atoms with Gasteiger partial charge in [0.15, 0.2) is 5.58 Å². The average molecular weight is 586 g/mol. The molecular weight excluding hydrogens is 562 g/mol. The number of fused-ring (bicyclic) bond motifs is 12. The maximum absolute atomic E-state index is 6.36. The van der Waals surface area contributed by atoms with Crippen LogP contribution < -0.4 is 0 Å². The zero-order chi connectivity index (χ0) is 29.9. The number of nitrogens with zero attached hydrogens (tertiary/aromatic N) is 1. The molecule has 1 aliphatic carbocycles. The molecule has 0 saturated heterocycles. The number of rotatable bonds is 2. The van der Waals surface area contributed by atoms with E-state index >= 15 is 0 Å². The van der Waals surface area contributed by atoms with Gasteiger partial charge in [-0.2, -0.15) is 0 Å². The van der Waals surface area contributed by atoms with E-state index in [2.05, 4.69) is 97.1 Å². The standard InChI is InChI=1S/C43H23NO2/c1-2-7-26(8-3-1)43-44-42-37(46-43)20-18-25-15-13-24-14-16-27(21-33(24)39(25)42)28-17-19-29-34(22-28)30-10-6-11-32-40(30)35(29)23-38-41(32)31-9-4-5-12-36(31)45-38/h1-23H. The molecule has 0 N–H and O–H groups in total. The maximum Gasteiger partial charge on any atom is 0.227 e. The number of hydrogen-bond donors (Lipinski definition) is 0. The van der Waals surface area contributed by atoms with Crippen LogP contribution in [-0.4, -0.2) is 4.98 Å². The second-order valence-electron chi connectivity index (χ2n) is 12.3. The highest BCUT2D eigenvalue weighted by Crippen LogP contribution is 2.51. The number of furan rings is 1. The van der Waals surface area contributed by atoms with Crippen LogP contribution in [0.15, 0.2) is 148 Å². The lowest BCUT2D eigenvalue weighted by Crippen LogP contribution is -1.85.